The first-order valence-electron chi connectivity index (χ1n) is 8.32. The number of nitrogens with zero attached hydrogens (tertiary/aromatic N) is 1. The lowest BCUT2D eigenvalue weighted by Crippen LogP contribution is -2.28. The molecule has 1 saturated carbocycles. The van der Waals surface area contributed by atoms with Crippen molar-refractivity contribution in [2.24, 2.45) is 5.92 Å². The van der Waals surface area contributed by atoms with Crippen LogP contribution in [0.15, 0.2) is 18.2 Å². The van der Waals surface area contributed by atoms with Crippen LogP contribution in [-0.2, 0) is 13.0 Å². The molecular formula is C18H28N2. The predicted octanol–water partition coefficient (Wildman–Crippen LogP) is 4.06. The molecule has 0 atom stereocenters. The Balaban J connectivity index is 1.71. The Morgan fingerprint density at radius 1 is 1.30 bits per heavy atom. The summed E-state index contributed by atoms with van der Waals surface area (Å²) in [6.07, 6.45) is 6.67. The lowest BCUT2D eigenvalue weighted by atomic mass is 9.97. The summed E-state index contributed by atoms with van der Waals surface area (Å²) in [5.41, 5.74) is 4.52. The number of hydrogen-bond donors (Lipinski definition) is 1. The molecule has 0 unspecified atom stereocenters. The van der Waals surface area contributed by atoms with Gasteiger partial charge in [-0.3, -0.25) is 4.90 Å². The predicted molar refractivity (Wildman–Crippen MR) is 86.1 cm³/mol. The summed E-state index contributed by atoms with van der Waals surface area (Å²) in [6, 6.07) is 7.67. The third kappa shape index (κ3) is 3.35. The van der Waals surface area contributed by atoms with Crippen molar-refractivity contribution in [3.63, 3.8) is 0 Å². The van der Waals surface area contributed by atoms with E-state index in [9.17, 15) is 0 Å². The van der Waals surface area contributed by atoms with Gasteiger partial charge in [-0.25, -0.2) is 0 Å². The first-order valence-corrected chi connectivity index (χ1v) is 8.32. The highest BCUT2D eigenvalue weighted by atomic mass is 15.2. The molecule has 1 heterocycles. The normalized spacial score (nSPS) is 18.2. The fourth-order valence-corrected chi connectivity index (χ4v) is 3.21. The Kier molecular flexibility index (Phi) is 4.30. The van der Waals surface area contributed by atoms with Gasteiger partial charge in [-0.1, -0.05) is 26.0 Å². The Morgan fingerprint density at radius 3 is 2.90 bits per heavy atom. The van der Waals surface area contributed by atoms with E-state index in [4.69, 9.17) is 0 Å². The van der Waals surface area contributed by atoms with Gasteiger partial charge in [-0.15, -0.1) is 0 Å². The van der Waals surface area contributed by atoms with E-state index in [-0.39, 0.29) is 0 Å². The number of nitrogens with one attached hydrogen (secondary N) is 1. The van der Waals surface area contributed by atoms with E-state index in [2.05, 4.69) is 42.3 Å². The standard InChI is InChI=1S/C18H28N2/c1-14(2)10-12-20(16-8-9-16)13-15-5-3-7-18-17(15)6-4-11-19-18/h3,5,7,14,16,19H,4,6,8-13H2,1-2H3. The van der Waals surface area contributed by atoms with Gasteiger partial charge in [0.15, 0.2) is 0 Å². The smallest absolute Gasteiger partial charge is 0.0375 e. The Hall–Kier alpha value is -1.02. The summed E-state index contributed by atoms with van der Waals surface area (Å²) in [6.45, 7) is 8.22. The molecule has 0 spiro atoms. The van der Waals surface area contributed by atoms with Crippen LogP contribution in [0.5, 0.6) is 0 Å². The SMILES string of the molecule is CC(C)CCN(Cc1cccc2c1CCCN2)C1CC1. The van der Waals surface area contributed by atoms with Gasteiger partial charge in [0.05, 0.1) is 0 Å². The second-order valence-electron chi connectivity index (χ2n) is 6.86. The highest BCUT2D eigenvalue weighted by Gasteiger charge is 2.29. The number of hydrogen-bond acceptors (Lipinski definition) is 2. The van der Waals surface area contributed by atoms with Gasteiger partial charge in [-0.05, 0) is 61.8 Å². The van der Waals surface area contributed by atoms with Crippen LogP contribution in [0.25, 0.3) is 0 Å². The second kappa shape index (κ2) is 6.17. The lowest BCUT2D eigenvalue weighted by Gasteiger charge is -2.27. The minimum absolute atomic E-state index is 0.808. The zero-order valence-electron chi connectivity index (χ0n) is 13.0. The monoisotopic (exact) mass is 272 g/mol. The molecule has 1 fully saturated rings. The molecular weight excluding hydrogens is 244 g/mol. The molecule has 1 N–H and O–H groups in total. The van der Waals surface area contributed by atoms with E-state index < -0.39 is 0 Å². The molecule has 1 aromatic carbocycles. The van der Waals surface area contributed by atoms with Crippen molar-refractivity contribution in [1.29, 1.82) is 0 Å². The molecule has 110 valence electrons. The van der Waals surface area contributed by atoms with E-state index in [0.29, 0.717) is 0 Å². The molecule has 3 rings (SSSR count). The maximum absolute atomic E-state index is 3.55. The summed E-state index contributed by atoms with van der Waals surface area (Å²) < 4.78 is 0. The van der Waals surface area contributed by atoms with Gasteiger partial charge < -0.3 is 5.32 Å². The molecule has 0 bridgehead atoms. The van der Waals surface area contributed by atoms with E-state index >= 15 is 0 Å². The zero-order valence-corrected chi connectivity index (χ0v) is 13.0. The minimum atomic E-state index is 0.808. The van der Waals surface area contributed by atoms with Gasteiger partial charge in [0.1, 0.15) is 0 Å². The van der Waals surface area contributed by atoms with Gasteiger partial charge in [0.25, 0.3) is 0 Å². The van der Waals surface area contributed by atoms with Crippen LogP contribution in [0.2, 0.25) is 0 Å². The second-order valence-corrected chi connectivity index (χ2v) is 6.86. The molecule has 1 aliphatic carbocycles. The van der Waals surface area contributed by atoms with E-state index in [1.165, 1.54) is 44.3 Å². The van der Waals surface area contributed by atoms with Crippen LogP contribution >= 0.6 is 0 Å². The van der Waals surface area contributed by atoms with Crippen molar-refractivity contribution < 1.29 is 0 Å². The molecule has 0 aromatic heterocycles. The van der Waals surface area contributed by atoms with Crippen LogP contribution in [0.4, 0.5) is 5.69 Å². The van der Waals surface area contributed by atoms with Gasteiger partial charge in [0, 0.05) is 24.8 Å². The fraction of sp³-hybridized carbons (Fsp3) is 0.667. The van der Waals surface area contributed by atoms with Crippen LogP contribution in [0.1, 0.15) is 50.7 Å². The average Bonchev–Trinajstić information content (AvgIpc) is 3.28. The van der Waals surface area contributed by atoms with Crippen LogP contribution in [0, 0.1) is 5.92 Å². The Labute approximate surface area is 123 Å². The summed E-state index contributed by atoms with van der Waals surface area (Å²) in [5, 5.41) is 3.55. The van der Waals surface area contributed by atoms with Crippen molar-refractivity contribution in [1.82, 2.24) is 4.90 Å². The lowest BCUT2D eigenvalue weighted by molar-refractivity contribution is 0.239. The van der Waals surface area contributed by atoms with Crippen LogP contribution in [-0.4, -0.2) is 24.0 Å². The van der Waals surface area contributed by atoms with Gasteiger partial charge >= 0.3 is 0 Å². The summed E-state index contributed by atoms with van der Waals surface area (Å²) in [4.78, 5) is 2.73. The van der Waals surface area contributed by atoms with Gasteiger partial charge in [-0.2, -0.15) is 0 Å². The number of rotatable bonds is 6. The van der Waals surface area contributed by atoms with Gasteiger partial charge in [0.2, 0.25) is 0 Å². The maximum Gasteiger partial charge on any atom is 0.0375 e. The van der Waals surface area contributed by atoms with Crippen LogP contribution < -0.4 is 5.32 Å². The molecule has 2 nitrogen and oxygen atoms in total. The van der Waals surface area contributed by atoms with Crippen molar-refractivity contribution >= 4 is 5.69 Å². The molecule has 0 amide bonds. The average molecular weight is 272 g/mol. The summed E-state index contributed by atoms with van der Waals surface area (Å²) in [7, 11) is 0. The van der Waals surface area contributed by atoms with E-state index in [1.54, 1.807) is 11.1 Å². The van der Waals surface area contributed by atoms with E-state index in [1.807, 2.05) is 0 Å². The number of fused-ring (bicyclic) bond motifs is 1. The van der Waals surface area contributed by atoms with Crippen molar-refractivity contribution in [3.8, 4) is 0 Å². The quantitative estimate of drug-likeness (QED) is 0.840. The molecule has 0 radical (unpaired) electrons. The summed E-state index contributed by atoms with van der Waals surface area (Å²) >= 11 is 0. The Morgan fingerprint density at radius 2 is 2.15 bits per heavy atom. The van der Waals surface area contributed by atoms with Crippen molar-refractivity contribution in [2.75, 3.05) is 18.4 Å². The third-order valence-corrected chi connectivity index (χ3v) is 4.62. The first kappa shape index (κ1) is 13.9. The van der Waals surface area contributed by atoms with Crippen molar-refractivity contribution in [3.05, 3.63) is 29.3 Å². The number of benzene rings is 1. The molecule has 0 saturated heterocycles. The highest BCUT2D eigenvalue weighted by molar-refractivity contribution is 5.56. The molecule has 1 aromatic rings. The Bertz CT molecular complexity index is 449. The largest absolute Gasteiger partial charge is 0.385 e. The van der Waals surface area contributed by atoms with E-state index in [0.717, 1.165) is 25.0 Å². The summed E-state index contributed by atoms with van der Waals surface area (Å²) in [5.74, 6) is 0.808. The third-order valence-electron chi connectivity index (χ3n) is 4.62. The number of anilines is 1. The topological polar surface area (TPSA) is 15.3 Å². The zero-order chi connectivity index (χ0) is 13.9. The fourth-order valence-electron chi connectivity index (χ4n) is 3.21. The minimum Gasteiger partial charge on any atom is -0.385 e. The maximum atomic E-state index is 3.55. The van der Waals surface area contributed by atoms with Crippen LogP contribution in [0.3, 0.4) is 0 Å². The molecule has 1 aliphatic heterocycles. The molecule has 2 aliphatic rings. The highest BCUT2D eigenvalue weighted by Crippen LogP contribution is 2.32. The molecule has 2 heteroatoms. The first-order chi connectivity index (χ1) is 9.74. The molecule has 20 heavy (non-hydrogen) atoms. The van der Waals surface area contributed by atoms with Crippen molar-refractivity contribution in [2.45, 2.75) is 58.5 Å².